The van der Waals surface area contributed by atoms with Crippen molar-refractivity contribution in [3.63, 3.8) is 0 Å². The van der Waals surface area contributed by atoms with Gasteiger partial charge in [-0.1, -0.05) is 6.92 Å². The first-order valence-corrected chi connectivity index (χ1v) is 6.39. The summed E-state index contributed by atoms with van der Waals surface area (Å²) in [5.74, 6) is 0.608. The van der Waals surface area contributed by atoms with Crippen LogP contribution in [0.2, 0.25) is 0 Å². The van der Waals surface area contributed by atoms with Gasteiger partial charge in [-0.3, -0.25) is 9.89 Å². The molecule has 18 heavy (non-hydrogen) atoms. The van der Waals surface area contributed by atoms with Crippen molar-refractivity contribution < 1.29 is 9.53 Å². The lowest BCUT2D eigenvalue weighted by Crippen LogP contribution is -2.36. The van der Waals surface area contributed by atoms with E-state index in [1.165, 1.54) is 5.56 Å². The minimum Gasteiger partial charge on any atom is -0.383 e. The molecule has 0 bridgehead atoms. The normalized spacial score (nSPS) is 22.6. The lowest BCUT2D eigenvalue weighted by molar-refractivity contribution is -0.132. The molecule has 0 aliphatic heterocycles. The monoisotopic (exact) mass is 251 g/mol. The molecule has 1 N–H and O–H groups in total. The molecule has 0 fully saturated rings. The van der Waals surface area contributed by atoms with Gasteiger partial charge in [0.1, 0.15) is 0 Å². The fourth-order valence-corrected chi connectivity index (χ4v) is 2.59. The first-order valence-electron chi connectivity index (χ1n) is 6.39. The number of methoxy groups -OCH3 is 1. The summed E-state index contributed by atoms with van der Waals surface area (Å²) in [6.45, 7) is 3.38. The van der Waals surface area contributed by atoms with Gasteiger partial charge in [-0.25, -0.2) is 0 Å². The Hall–Kier alpha value is -1.36. The second-order valence-electron chi connectivity index (χ2n) is 5.16. The van der Waals surface area contributed by atoms with Crippen LogP contribution in [0.15, 0.2) is 6.20 Å². The summed E-state index contributed by atoms with van der Waals surface area (Å²) in [5.41, 5.74) is 2.19. The Balaban J connectivity index is 2.11. The van der Waals surface area contributed by atoms with Crippen LogP contribution in [0.1, 0.15) is 30.5 Å². The highest BCUT2D eigenvalue weighted by Crippen LogP contribution is 2.34. The number of aromatic amines is 1. The molecule has 1 aromatic heterocycles. The maximum absolute atomic E-state index is 12.4. The highest BCUT2D eigenvalue weighted by atomic mass is 16.5. The quantitative estimate of drug-likeness (QED) is 0.874. The number of aromatic nitrogens is 2. The van der Waals surface area contributed by atoms with Crippen molar-refractivity contribution in [2.75, 3.05) is 27.3 Å². The van der Waals surface area contributed by atoms with Crippen LogP contribution in [0.5, 0.6) is 0 Å². The number of hydrogen-bond donors (Lipinski definition) is 1. The number of amides is 1. The first kappa shape index (κ1) is 13.1. The average molecular weight is 251 g/mol. The molecule has 2 rings (SSSR count). The van der Waals surface area contributed by atoms with Crippen molar-refractivity contribution >= 4 is 5.91 Å². The zero-order valence-electron chi connectivity index (χ0n) is 11.3. The maximum atomic E-state index is 12.4. The van der Waals surface area contributed by atoms with Gasteiger partial charge in [0.2, 0.25) is 5.91 Å². The van der Waals surface area contributed by atoms with E-state index in [4.69, 9.17) is 4.74 Å². The number of carbonyl (C=O) groups excluding carboxylic acids is 1. The minimum atomic E-state index is -0.0758. The van der Waals surface area contributed by atoms with Crippen LogP contribution in [-0.4, -0.2) is 48.3 Å². The summed E-state index contributed by atoms with van der Waals surface area (Å²) in [7, 11) is 3.48. The first-order chi connectivity index (χ1) is 8.63. The predicted molar refractivity (Wildman–Crippen MR) is 68.3 cm³/mol. The molecule has 1 aliphatic rings. The molecule has 1 amide bonds. The second-order valence-corrected chi connectivity index (χ2v) is 5.16. The molecule has 0 radical (unpaired) electrons. The number of rotatable bonds is 4. The van der Waals surface area contributed by atoms with Gasteiger partial charge < -0.3 is 9.64 Å². The van der Waals surface area contributed by atoms with Crippen molar-refractivity contribution in [2.45, 2.75) is 25.7 Å². The van der Waals surface area contributed by atoms with Gasteiger partial charge in [0.25, 0.3) is 0 Å². The van der Waals surface area contributed by atoms with Crippen LogP contribution in [0.3, 0.4) is 0 Å². The van der Waals surface area contributed by atoms with E-state index in [2.05, 4.69) is 17.1 Å². The Kier molecular flexibility index (Phi) is 4.01. The van der Waals surface area contributed by atoms with E-state index in [1.807, 2.05) is 13.2 Å². The van der Waals surface area contributed by atoms with E-state index in [0.717, 1.165) is 18.5 Å². The van der Waals surface area contributed by atoms with Gasteiger partial charge in [0, 0.05) is 20.7 Å². The van der Waals surface area contributed by atoms with Gasteiger partial charge in [-0.15, -0.1) is 0 Å². The van der Waals surface area contributed by atoms with Gasteiger partial charge in [-0.2, -0.15) is 5.10 Å². The number of likely N-dealkylation sites (N-methyl/N-ethyl adjacent to an activating group) is 1. The van der Waals surface area contributed by atoms with Gasteiger partial charge in [0.15, 0.2) is 0 Å². The van der Waals surface area contributed by atoms with Crippen LogP contribution in [0.4, 0.5) is 0 Å². The zero-order chi connectivity index (χ0) is 13.1. The summed E-state index contributed by atoms with van der Waals surface area (Å²) < 4.78 is 5.01. The van der Waals surface area contributed by atoms with E-state index in [0.29, 0.717) is 19.1 Å². The Morgan fingerprint density at radius 1 is 1.67 bits per heavy atom. The summed E-state index contributed by atoms with van der Waals surface area (Å²) in [6, 6.07) is 0. The summed E-state index contributed by atoms with van der Waals surface area (Å²) >= 11 is 0. The van der Waals surface area contributed by atoms with Crippen LogP contribution in [-0.2, 0) is 16.0 Å². The second kappa shape index (κ2) is 5.52. The van der Waals surface area contributed by atoms with Crippen molar-refractivity contribution in [2.24, 2.45) is 5.92 Å². The van der Waals surface area contributed by atoms with Crippen molar-refractivity contribution in [3.8, 4) is 0 Å². The van der Waals surface area contributed by atoms with E-state index >= 15 is 0 Å². The molecule has 5 nitrogen and oxygen atoms in total. The van der Waals surface area contributed by atoms with Crippen LogP contribution < -0.4 is 0 Å². The predicted octanol–water partition coefficient (Wildman–Crippen LogP) is 1.18. The summed E-state index contributed by atoms with van der Waals surface area (Å²) in [5, 5.41) is 7.06. The van der Waals surface area contributed by atoms with Crippen LogP contribution in [0.25, 0.3) is 0 Å². The number of H-pyrrole nitrogens is 1. The molecule has 0 saturated carbocycles. The van der Waals surface area contributed by atoms with Crippen molar-refractivity contribution in [3.05, 3.63) is 17.5 Å². The van der Waals surface area contributed by atoms with E-state index in [1.54, 1.807) is 12.0 Å². The lowest BCUT2D eigenvalue weighted by Gasteiger charge is -2.29. The number of carbonyl (C=O) groups is 1. The molecule has 1 heterocycles. The SMILES string of the molecule is COCCN(C)C(=O)C1CC(C)Cc2cn[nH]c21. The number of nitrogens with zero attached hydrogens (tertiary/aromatic N) is 2. The molecule has 0 saturated heterocycles. The van der Waals surface area contributed by atoms with E-state index in [-0.39, 0.29) is 11.8 Å². The third kappa shape index (κ3) is 2.56. The fraction of sp³-hybridized carbons (Fsp3) is 0.692. The van der Waals surface area contributed by atoms with Crippen LogP contribution in [0, 0.1) is 5.92 Å². The Labute approximate surface area is 108 Å². The number of nitrogens with one attached hydrogen (secondary N) is 1. The van der Waals surface area contributed by atoms with Gasteiger partial charge in [0.05, 0.1) is 24.4 Å². The number of fused-ring (bicyclic) bond motifs is 1. The molecule has 1 aromatic rings. The highest BCUT2D eigenvalue weighted by Gasteiger charge is 2.33. The summed E-state index contributed by atoms with van der Waals surface area (Å²) in [6.07, 6.45) is 3.75. The highest BCUT2D eigenvalue weighted by molar-refractivity contribution is 5.83. The Bertz CT molecular complexity index is 416. The van der Waals surface area contributed by atoms with E-state index in [9.17, 15) is 4.79 Å². The van der Waals surface area contributed by atoms with E-state index < -0.39 is 0 Å². The minimum absolute atomic E-state index is 0.0758. The Morgan fingerprint density at radius 3 is 3.17 bits per heavy atom. The van der Waals surface area contributed by atoms with Crippen LogP contribution >= 0.6 is 0 Å². The molecular formula is C13H21N3O2. The smallest absolute Gasteiger partial charge is 0.231 e. The van der Waals surface area contributed by atoms with Crippen molar-refractivity contribution in [1.29, 1.82) is 0 Å². The molecule has 1 aliphatic carbocycles. The third-order valence-electron chi connectivity index (χ3n) is 3.61. The zero-order valence-corrected chi connectivity index (χ0v) is 11.3. The largest absolute Gasteiger partial charge is 0.383 e. The third-order valence-corrected chi connectivity index (χ3v) is 3.61. The molecule has 2 unspecified atom stereocenters. The number of hydrogen-bond acceptors (Lipinski definition) is 3. The average Bonchev–Trinajstić information content (AvgIpc) is 2.81. The topological polar surface area (TPSA) is 58.2 Å². The van der Waals surface area contributed by atoms with Gasteiger partial charge in [-0.05, 0) is 24.3 Å². The summed E-state index contributed by atoms with van der Waals surface area (Å²) in [4.78, 5) is 14.2. The Morgan fingerprint density at radius 2 is 2.44 bits per heavy atom. The lowest BCUT2D eigenvalue weighted by atomic mass is 9.81. The van der Waals surface area contributed by atoms with Gasteiger partial charge >= 0.3 is 0 Å². The molecule has 5 heteroatoms. The molecule has 0 aromatic carbocycles. The molecule has 100 valence electrons. The fourth-order valence-electron chi connectivity index (χ4n) is 2.59. The molecule has 2 atom stereocenters. The molecule has 0 spiro atoms. The molecular weight excluding hydrogens is 230 g/mol. The standard InChI is InChI=1S/C13H21N3O2/c1-9-6-10-8-14-15-12(10)11(7-9)13(17)16(2)4-5-18-3/h8-9,11H,4-7H2,1-3H3,(H,14,15). The van der Waals surface area contributed by atoms with Crippen molar-refractivity contribution in [1.82, 2.24) is 15.1 Å². The number of ether oxygens (including phenoxy) is 1. The maximum Gasteiger partial charge on any atom is 0.231 e.